The molecule has 148 valence electrons. The summed E-state index contributed by atoms with van der Waals surface area (Å²) in [7, 11) is -3.56. The van der Waals surface area contributed by atoms with Gasteiger partial charge < -0.3 is 4.90 Å². The Morgan fingerprint density at radius 2 is 1.68 bits per heavy atom. The number of rotatable bonds is 6. The van der Waals surface area contributed by atoms with Gasteiger partial charge in [0.05, 0.1) is 4.90 Å². The van der Waals surface area contributed by atoms with Gasteiger partial charge in [-0.3, -0.25) is 9.69 Å². The van der Waals surface area contributed by atoms with E-state index in [0.717, 1.165) is 31.6 Å². The summed E-state index contributed by atoms with van der Waals surface area (Å²) in [6, 6.07) is 15.0. The number of carbonyl (C=O) groups excluding carboxylic acids is 1. The van der Waals surface area contributed by atoms with Gasteiger partial charge in [0, 0.05) is 44.8 Å². The highest BCUT2D eigenvalue weighted by Gasteiger charge is 2.22. The number of amides is 1. The first kappa shape index (κ1) is 19.1. The number of nitrogens with zero attached hydrogens (tertiary/aromatic N) is 2. The first-order chi connectivity index (χ1) is 13.5. The Balaban J connectivity index is 1.32. The van der Waals surface area contributed by atoms with Gasteiger partial charge in [-0.05, 0) is 48.2 Å². The molecule has 0 spiro atoms. The molecule has 1 saturated heterocycles. The fourth-order valence-electron chi connectivity index (χ4n) is 3.89. The van der Waals surface area contributed by atoms with E-state index in [1.807, 2.05) is 6.07 Å². The minimum absolute atomic E-state index is 0.0943. The molecule has 0 aliphatic carbocycles. The molecule has 2 aromatic carbocycles. The lowest BCUT2D eigenvalue weighted by molar-refractivity contribution is -0.117. The molecule has 2 aliphatic rings. The van der Waals surface area contributed by atoms with Crippen molar-refractivity contribution in [3.8, 4) is 0 Å². The minimum Gasteiger partial charge on any atom is -0.312 e. The van der Waals surface area contributed by atoms with Gasteiger partial charge in [0.2, 0.25) is 15.9 Å². The fraction of sp³-hybridized carbons (Fsp3) is 0.381. The topological polar surface area (TPSA) is 69.7 Å². The Kier molecular flexibility index (Phi) is 5.48. The minimum atomic E-state index is -3.56. The molecule has 4 rings (SSSR count). The van der Waals surface area contributed by atoms with E-state index >= 15 is 0 Å². The summed E-state index contributed by atoms with van der Waals surface area (Å²) in [5.41, 5.74) is 3.47. The first-order valence-corrected chi connectivity index (χ1v) is 11.2. The van der Waals surface area contributed by atoms with E-state index in [0.29, 0.717) is 26.1 Å². The van der Waals surface area contributed by atoms with E-state index in [1.165, 1.54) is 11.1 Å². The zero-order valence-electron chi connectivity index (χ0n) is 15.8. The smallest absolute Gasteiger partial charge is 0.240 e. The molecular formula is C21H25N3O3S. The second-order valence-corrected chi connectivity index (χ2v) is 9.10. The summed E-state index contributed by atoms with van der Waals surface area (Å²) >= 11 is 0. The molecule has 2 heterocycles. The predicted molar refractivity (Wildman–Crippen MR) is 109 cm³/mol. The summed E-state index contributed by atoms with van der Waals surface area (Å²) in [5.74, 6) is 0.0943. The molecule has 0 unspecified atom stereocenters. The molecule has 28 heavy (non-hydrogen) atoms. The largest absolute Gasteiger partial charge is 0.312 e. The number of nitrogens with one attached hydrogen (secondary N) is 1. The van der Waals surface area contributed by atoms with Crippen molar-refractivity contribution < 1.29 is 13.2 Å². The Hall–Kier alpha value is -2.22. The monoisotopic (exact) mass is 399 g/mol. The molecule has 7 heteroatoms. The molecular weight excluding hydrogens is 374 g/mol. The zero-order valence-corrected chi connectivity index (χ0v) is 16.6. The van der Waals surface area contributed by atoms with Crippen LogP contribution in [0.2, 0.25) is 0 Å². The van der Waals surface area contributed by atoms with Crippen molar-refractivity contribution >= 4 is 21.6 Å². The average Bonchev–Trinajstić information content (AvgIpc) is 3.14. The number of benzene rings is 2. The summed E-state index contributed by atoms with van der Waals surface area (Å²) in [4.78, 5) is 16.0. The summed E-state index contributed by atoms with van der Waals surface area (Å²) < 4.78 is 27.8. The Bertz CT molecular complexity index is 957. The van der Waals surface area contributed by atoms with Crippen LogP contribution in [0.1, 0.15) is 24.0 Å². The van der Waals surface area contributed by atoms with Crippen LogP contribution in [0.3, 0.4) is 0 Å². The summed E-state index contributed by atoms with van der Waals surface area (Å²) in [6.45, 7) is 3.54. The highest BCUT2D eigenvalue weighted by atomic mass is 32.2. The number of hydrogen-bond donors (Lipinski definition) is 1. The summed E-state index contributed by atoms with van der Waals surface area (Å²) in [5, 5.41) is 0. The van der Waals surface area contributed by atoms with Crippen molar-refractivity contribution in [3.63, 3.8) is 0 Å². The van der Waals surface area contributed by atoms with E-state index in [4.69, 9.17) is 0 Å². The molecule has 0 atom stereocenters. The van der Waals surface area contributed by atoms with Crippen LogP contribution in [0.5, 0.6) is 0 Å². The number of sulfonamides is 1. The van der Waals surface area contributed by atoms with Crippen molar-refractivity contribution in [1.29, 1.82) is 0 Å². The van der Waals surface area contributed by atoms with Crippen LogP contribution in [0.4, 0.5) is 5.69 Å². The van der Waals surface area contributed by atoms with E-state index in [1.54, 1.807) is 29.2 Å². The van der Waals surface area contributed by atoms with Crippen molar-refractivity contribution in [2.75, 3.05) is 31.1 Å². The molecule has 1 amide bonds. The van der Waals surface area contributed by atoms with Crippen molar-refractivity contribution in [3.05, 3.63) is 59.7 Å². The Morgan fingerprint density at radius 3 is 2.39 bits per heavy atom. The third kappa shape index (κ3) is 4.11. The highest BCUT2D eigenvalue weighted by molar-refractivity contribution is 7.89. The molecule has 0 aromatic heterocycles. The maximum Gasteiger partial charge on any atom is 0.240 e. The Morgan fingerprint density at radius 1 is 0.929 bits per heavy atom. The van der Waals surface area contributed by atoms with Gasteiger partial charge in [0.15, 0.2) is 0 Å². The molecule has 2 aliphatic heterocycles. The van der Waals surface area contributed by atoms with Gasteiger partial charge >= 0.3 is 0 Å². The second-order valence-electron chi connectivity index (χ2n) is 7.34. The number of carbonyl (C=O) groups is 1. The van der Waals surface area contributed by atoms with E-state index in [9.17, 15) is 13.2 Å². The lowest BCUT2D eigenvalue weighted by Gasteiger charge is -2.28. The molecule has 6 nitrogen and oxygen atoms in total. The molecule has 2 aromatic rings. The number of fused-ring (bicyclic) bond motifs is 1. The molecule has 0 saturated carbocycles. The van der Waals surface area contributed by atoms with E-state index < -0.39 is 10.0 Å². The molecule has 0 radical (unpaired) electrons. The second kappa shape index (κ2) is 8.03. The van der Waals surface area contributed by atoms with Crippen molar-refractivity contribution in [2.45, 2.75) is 30.7 Å². The van der Waals surface area contributed by atoms with Gasteiger partial charge in [0.1, 0.15) is 0 Å². The molecule has 1 fully saturated rings. The summed E-state index contributed by atoms with van der Waals surface area (Å²) in [6.07, 6.45) is 2.41. The van der Waals surface area contributed by atoms with Gasteiger partial charge in [0.25, 0.3) is 0 Å². The Labute approximate surface area is 166 Å². The van der Waals surface area contributed by atoms with Gasteiger partial charge in [-0.1, -0.05) is 24.3 Å². The van der Waals surface area contributed by atoms with E-state index in [-0.39, 0.29) is 10.8 Å². The zero-order chi connectivity index (χ0) is 19.6. The molecule has 0 bridgehead atoms. The van der Waals surface area contributed by atoms with Crippen LogP contribution >= 0.6 is 0 Å². The lowest BCUT2D eigenvalue weighted by atomic mass is 10.0. The standard InChI is InChI=1S/C21H25N3O3S/c25-21-6-3-13-24(21)19-7-9-20(10-8-19)28(26,27)22-12-15-23-14-11-17-4-1-2-5-18(17)16-23/h1-2,4-5,7-10,22H,3,6,11-16H2. The normalized spacial score (nSPS) is 17.7. The third-order valence-electron chi connectivity index (χ3n) is 5.46. The maximum absolute atomic E-state index is 12.6. The van der Waals surface area contributed by atoms with Crippen LogP contribution in [0.15, 0.2) is 53.4 Å². The van der Waals surface area contributed by atoms with Gasteiger partial charge in [-0.15, -0.1) is 0 Å². The van der Waals surface area contributed by atoms with Gasteiger partial charge in [-0.25, -0.2) is 13.1 Å². The van der Waals surface area contributed by atoms with Crippen LogP contribution < -0.4 is 9.62 Å². The van der Waals surface area contributed by atoms with Crippen LogP contribution in [0, 0.1) is 0 Å². The van der Waals surface area contributed by atoms with Crippen LogP contribution in [-0.2, 0) is 27.8 Å². The van der Waals surface area contributed by atoms with Crippen molar-refractivity contribution in [1.82, 2.24) is 9.62 Å². The fourth-order valence-corrected chi connectivity index (χ4v) is 4.91. The first-order valence-electron chi connectivity index (χ1n) is 9.72. The van der Waals surface area contributed by atoms with Crippen LogP contribution in [0.25, 0.3) is 0 Å². The lowest BCUT2D eigenvalue weighted by Crippen LogP contribution is -2.37. The maximum atomic E-state index is 12.6. The molecule has 1 N–H and O–H groups in total. The average molecular weight is 400 g/mol. The number of anilines is 1. The SMILES string of the molecule is O=C1CCCN1c1ccc(S(=O)(=O)NCCN2CCc3ccccc3C2)cc1. The van der Waals surface area contributed by atoms with E-state index in [2.05, 4.69) is 27.8 Å². The highest BCUT2D eigenvalue weighted by Crippen LogP contribution is 2.23. The third-order valence-corrected chi connectivity index (χ3v) is 6.94. The van der Waals surface area contributed by atoms with Crippen LogP contribution in [-0.4, -0.2) is 45.4 Å². The number of hydrogen-bond acceptors (Lipinski definition) is 4. The van der Waals surface area contributed by atoms with Crippen molar-refractivity contribution in [2.24, 2.45) is 0 Å². The van der Waals surface area contributed by atoms with Gasteiger partial charge in [-0.2, -0.15) is 0 Å². The predicted octanol–water partition coefficient (Wildman–Crippen LogP) is 2.15. The quantitative estimate of drug-likeness (QED) is 0.808.